The van der Waals surface area contributed by atoms with Gasteiger partial charge < -0.3 is 4.98 Å². The van der Waals surface area contributed by atoms with Crippen LogP contribution in [-0.4, -0.2) is 11.3 Å². The van der Waals surface area contributed by atoms with Crippen LogP contribution in [0.4, 0.5) is 8.78 Å². The van der Waals surface area contributed by atoms with Crippen molar-refractivity contribution >= 4 is 28.8 Å². The largest absolute Gasteiger partial charge is 0.351 e. The molecule has 1 heterocycles. The number of nitrogens with one attached hydrogen (secondary N) is 1. The monoisotopic (exact) mass is 291 g/mol. The number of aromatic amines is 1. The van der Waals surface area contributed by atoms with Crippen LogP contribution in [0.2, 0.25) is 5.02 Å². The molecule has 0 spiro atoms. The normalized spacial score (nSPS) is 10.9. The lowest BCUT2D eigenvalue weighted by molar-refractivity contribution is 0.112. The second-order valence-corrected chi connectivity index (χ2v) is 4.70. The summed E-state index contributed by atoms with van der Waals surface area (Å²) in [5.41, 5.74) is 0.758. The topological polar surface area (TPSA) is 32.9 Å². The van der Waals surface area contributed by atoms with E-state index < -0.39 is 11.6 Å². The number of hydrogen-bond acceptors (Lipinski definition) is 1. The van der Waals surface area contributed by atoms with Crippen molar-refractivity contribution in [2.45, 2.75) is 0 Å². The number of H-pyrrole nitrogens is 1. The van der Waals surface area contributed by atoms with Crippen LogP contribution in [0.15, 0.2) is 36.4 Å². The first kappa shape index (κ1) is 12.8. The Morgan fingerprint density at radius 2 is 1.85 bits per heavy atom. The third-order valence-corrected chi connectivity index (χ3v) is 3.46. The number of carbonyl (C=O) groups excluding carboxylic acids is 1. The minimum atomic E-state index is -0.658. The second kappa shape index (κ2) is 4.72. The van der Waals surface area contributed by atoms with Crippen LogP contribution in [0.1, 0.15) is 10.4 Å². The van der Waals surface area contributed by atoms with E-state index in [0.717, 1.165) is 0 Å². The quantitative estimate of drug-likeness (QED) is 0.689. The Balaban J connectivity index is 2.40. The zero-order chi connectivity index (χ0) is 14.3. The molecule has 0 fully saturated rings. The summed E-state index contributed by atoms with van der Waals surface area (Å²) < 4.78 is 27.8. The van der Waals surface area contributed by atoms with Crippen molar-refractivity contribution in [1.82, 2.24) is 4.98 Å². The van der Waals surface area contributed by atoms with E-state index in [2.05, 4.69) is 4.98 Å². The maximum Gasteiger partial charge on any atom is 0.165 e. The van der Waals surface area contributed by atoms with Crippen molar-refractivity contribution in [2.24, 2.45) is 0 Å². The average molecular weight is 292 g/mol. The van der Waals surface area contributed by atoms with Crippen LogP contribution >= 0.6 is 11.6 Å². The fraction of sp³-hybridized carbons (Fsp3) is 0. The molecule has 5 heteroatoms. The van der Waals surface area contributed by atoms with Gasteiger partial charge in [-0.2, -0.15) is 0 Å². The lowest BCUT2D eigenvalue weighted by atomic mass is 10.1. The van der Waals surface area contributed by atoms with Crippen molar-refractivity contribution in [3.8, 4) is 11.3 Å². The third-order valence-electron chi connectivity index (χ3n) is 3.17. The molecule has 0 atom stereocenters. The minimum Gasteiger partial charge on any atom is -0.351 e. The lowest BCUT2D eigenvalue weighted by Gasteiger charge is -2.01. The van der Waals surface area contributed by atoms with Gasteiger partial charge in [-0.1, -0.05) is 29.8 Å². The smallest absolute Gasteiger partial charge is 0.165 e. The number of carbonyl (C=O) groups is 1. The fourth-order valence-corrected chi connectivity index (χ4v) is 2.38. The van der Waals surface area contributed by atoms with Gasteiger partial charge in [-0.25, -0.2) is 8.78 Å². The van der Waals surface area contributed by atoms with Crippen LogP contribution in [0.3, 0.4) is 0 Å². The Morgan fingerprint density at radius 3 is 2.55 bits per heavy atom. The number of rotatable bonds is 2. The molecule has 1 N–H and O–H groups in total. The van der Waals surface area contributed by atoms with Gasteiger partial charge in [-0.05, 0) is 18.2 Å². The van der Waals surface area contributed by atoms with E-state index in [1.165, 1.54) is 24.3 Å². The molecule has 0 aliphatic heterocycles. The molecule has 0 radical (unpaired) electrons. The summed E-state index contributed by atoms with van der Waals surface area (Å²) in [4.78, 5) is 14.0. The Kier molecular flexibility index (Phi) is 3.03. The molecule has 0 aliphatic rings. The highest BCUT2D eigenvalue weighted by Crippen LogP contribution is 2.33. The van der Waals surface area contributed by atoms with E-state index in [0.29, 0.717) is 11.7 Å². The Morgan fingerprint density at radius 1 is 1.10 bits per heavy atom. The molecule has 2 nitrogen and oxygen atoms in total. The lowest BCUT2D eigenvalue weighted by Crippen LogP contribution is -1.88. The van der Waals surface area contributed by atoms with Gasteiger partial charge in [0, 0.05) is 16.5 Å². The van der Waals surface area contributed by atoms with Crippen molar-refractivity contribution in [3.05, 3.63) is 58.6 Å². The summed E-state index contributed by atoms with van der Waals surface area (Å²) in [6.45, 7) is 0. The standard InChI is InChI=1S/C15H8ClF2NO/c16-11-6-5-8-10(7-20)14(19-15(8)13(11)18)9-3-1-2-4-12(9)17/h1-7,19H. The molecule has 0 unspecified atom stereocenters. The number of fused-ring (bicyclic) bond motifs is 1. The maximum absolute atomic E-state index is 14.0. The predicted molar refractivity (Wildman–Crippen MR) is 74.0 cm³/mol. The van der Waals surface area contributed by atoms with Crippen molar-refractivity contribution in [2.75, 3.05) is 0 Å². The Hall–Kier alpha value is -2.20. The molecule has 0 amide bonds. The fourth-order valence-electron chi connectivity index (χ4n) is 2.22. The number of halogens is 3. The van der Waals surface area contributed by atoms with Crippen molar-refractivity contribution in [1.29, 1.82) is 0 Å². The Labute approximate surface area is 118 Å². The molecule has 3 rings (SSSR count). The molecule has 0 saturated carbocycles. The van der Waals surface area contributed by atoms with Gasteiger partial charge in [0.25, 0.3) is 0 Å². The number of aldehydes is 1. The predicted octanol–water partition coefficient (Wildman–Crippen LogP) is 4.58. The van der Waals surface area contributed by atoms with E-state index in [-0.39, 0.29) is 27.4 Å². The van der Waals surface area contributed by atoms with Crippen LogP contribution < -0.4 is 0 Å². The molecule has 0 aliphatic carbocycles. The number of aromatic nitrogens is 1. The highest BCUT2D eigenvalue weighted by atomic mass is 35.5. The SMILES string of the molecule is O=Cc1c(-c2ccccc2F)[nH]c2c(F)c(Cl)ccc12. The molecule has 3 aromatic rings. The summed E-state index contributed by atoms with van der Waals surface area (Å²) in [5.74, 6) is -1.15. The van der Waals surface area contributed by atoms with Crippen molar-refractivity contribution < 1.29 is 13.6 Å². The molecule has 1 aromatic heterocycles. The van der Waals surface area contributed by atoms with Crippen molar-refractivity contribution in [3.63, 3.8) is 0 Å². The summed E-state index contributed by atoms with van der Waals surface area (Å²) in [6, 6.07) is 8.88. The summed E-state index contributed by atoms with van der Waals surface area (Å²) >= 11 is 5.71. The number of benzene rings is 2. The van der Waals surface area contributed by atoms with Gasteiger partial charge in [-0.3, -0.25) is 4.79 Å². The van der Waals surface area contributed by atoms with Gasteiger partial charge >= 0.3 is 0 Å². The van der Waals surface area contributed by atoms with E-state index in [4.69, 9.17) is 11.6 Å². The third kappa shape index (κ3) is 1.80. The van der Waals surface area contributed by atoms with E-state index in [1.807, 2.05) is 0 Å². The van der Waals surface area contributed by atoms with Gasteiger partial charge in [0.05, 0.1) is 16.2 Å². The van der Waals surface area contributed by atoms with Gasteiger partial charge in [-0.15, -0.1) is 0 Å². The maximum atomic E-state index is 14.0. The van der Waals surface area contributed by atoms with E-state index in [9.17, 15) is 13.6 Å². The van der Waals surface area contributed by atoms with Crippen LogP contribution in [0.25, 0.3) is 22.2 Å². The summed E-state index contributed by atoms with van der Waals surface area (Å²) in [5, 5.41) is 0.316. The first-order valence-corrected chi connectivity index (χ1v) is 6.21. The summed E-state index contributed by atoms with van der Waals surface area (Å²) in [6.07, 6.45) is 0.577. The van der Waals surface area contributed by atoms with Gasteiger partial charge in [0.1, 0.15) is 5.82 Å². The van der Waals surface area contributed by atoms with Crippen LogP contribution in [0, 0.1) is 11.6 Å². The Bertz CT molecular complexity index is 826. The van der Waals surface area contributed by atoms with E-state index in [1.54, 1.807) is 12.1 Å². The molecule has 0 saturated heterocycles. The van der Waals surface area contributed by atoms with Crippen LogP contribution in [0.5, 0.6) is 0 Å². The molecule has 2 aromatic carbocycles. The van der Waals surface area contributed by atoms with Gasteiger partial charge in [0.2, 0.25) is 0 Å². The zero-order valence-electron chi connectivity index (χ0n) is 10.1. The molecule has 100 valence electrons. The average Bonchev–Trinajstić information content (AvgIpc) is 2.82. The molecule has 0 bridgehead atoms. The molecular formula is C15H8ClF2NO. The van der Waals surface area contributed by atoms with Gasteiger partial charge in [0.15, 0.2) is 12.1 Å². The molecular weight excluding hydrogens is 284 g/mol. The summed E-state index contributed by atoms with van der Waals surface area (Å²) in [7, 11) is 0. The molecule has 20 heavy (non-hydrogen) atoms. The second-order valence-electron chi connectivity index (χ2n) is 4.30. The van der Waals surface area contributed by atoms with E-state index >= 15 is 0 Å². The highest BCUT2D eigenvalue weighted by Gasteiger charge is 2.18. The minimum absolute atomic E-state index is 0.0590. The highest BCUT2D eigenvalue weighted by molar-refractivity contribution is 6.31. The number of hydrogen-bond donors (Lipinski definition) is 1. The first-order valence-electron chi connectivity index (χ1n) is 5.83. The zero-order valence-corrected chi connectivity index (χ0v) is 10.8. The first-order chi connectivity index (χ1) is 9.63. The van der Waals surface area contributed by atoms with Crippen LogP contribution in [-0.2, 0) is 0 Å².